The van der Waals surface area contributed by atoms with Crippen molar-refractivity contribution in [1.29, 1.82) is 0 Å². The fraction of sp³-hybridized carbons (Fsp3) is 0.261. The average Bonchev–Trinajstić information content (AvgIpc) is 3.39. The number of rotatable bonds is 4. The Bertz CT molecular complexity index is 1270. The highest BCUT2D eigenvalue weighted by Crippen LogP contribution is 2.28. The second kappa shape index (κ2) is 8.16. The van der Waals surface area contributed by atoms with E-state index in [1.165, 1.54) is 0 Å². The fourth-order valence-electron chi connectivity index (χ4n) is 4.04. The molecule has 4 aromatic rings. The summed E-state index contributed by atoms with van der Waals surface area (Å²) in [6, 6.07) is 13.4. The number of carbonyl (C=O) groups excluding carboxylic acids is 2. The number of pyridine rings is 1. The summed E-state index contributed by atoms with van der Waals surface area (Å²) in [5.74, 6) is -0.978. The standard InChI is InChI=1S/C23H22N6O2S/c1-15-19(16(2)29(26-15)17-7-4-3-5-8-17)20(30)22(31)27-11-13-28(14-12-27)23-25-18-9-6-10-24-21(18)32-23/h3-10H,11-14H2,1-2H3. The molecule has 1 aliphatic rings. The van der Waals surface area contributed by atoms with Gasteiger partial charge >= 0.3 is 0 Å². The molecule has 4 heterocycles. The number of Topliss-reactive ketones (excluding diaryl/α,β-unsaturated/α-hetero) is 1. The molecule has 1 saturated heterocycles. The molecule has 0 unspecified atom stereocenters. The van der Waals surface area contributed by atoms with Crippen LogP contribution in [-0.4, -0.2) is 62.5 Å². The third-order valence-electron chi connectivity index (χ3n) is 5.71. The van der Waals surface area contributed by atoms with E-state index in [1.54, 1.807) is 34.0 Å². The molecule has 0 atom stereocenters. The van der Waals surface area contributed by atoms with Crippen LogP contribution in [-0.2, 0) is 4.79 Å². The van der Waals surface area contributed by atoms with Gasteiger partial charge in [0, 0.05) is 32.4 Å². The van der Waals surface area contributed by atoms with E-state index in [0.717, 1.165) is 21.2 Å². The molecule has 1 amide bonds. The topological polar surface area (TPSA) is 84.2 Å². The first-order valence-corrected chi connectivity index (χ1v) is 11.3. The Labute approximate surface area is 189 Å². The number of nitrogens with zero attached hydrogens (tertiary/aromatic N) is 6. The Balaban J connectivity index is 1.30. The normalized spacial score (nSPS) is 14.2. The molecule has 0 spiro atoms. The van der Waals surface area contributed by atoms with Crippen molar-refractivity contribution in [3.05, 3.63) is 65.6 Å². The Kier molecular flexibility index (Phi) is 5.18. The van der Waals surface area contributed by atoms with Gasteiger partial charge in [-0.1, -0.05) is 29.5 Å². The number of piperazine rings is 1. The van der Waals surface area contributed by atoms with Crippen molar-refractivity contribution in [1.82, 2.24) is 24.6 Å². The number of aryl methyl sites for hydroxylation is 1. The minimum atomic E-state index is -0.500. The highest BCUT2D eigenvalue weighted by Gasteiger charge is 2.31. The van der Waals surface area contributed by atoms with Crippen LogP contribution in [0.3, 0.4) is 0 Å². The highest BCUT2D eigenvalue weighted by atomic mass is 32.1. The summed E-state index contributed by atoms with van der Waals surface area (Å²) >= 11 is 1.54. The summed E-state index contributed by atoms with van der Waals surface area (Å²) in [7, 11) is 0. The Morgan fingerprint density at radius 2 is 1.72 bits per heavy atom. The van der Waals surface area contributed by atoms with Crippen LogP contribution < -0.4 is 4.90 Å². The van der Waals surface area contributed by atoms with E-state index in [-0.39, 0.29) is 0 Å². The number of anilines is 1. The van der Waals surface area contributed by atoms with Crippen molar-refractivity contribution in [2.45, 2.75) is 13.8 Å². The lowest BCUT2D eigenvalue weighted by molar-refractivity contribution is -0.126. The number of carbonyl (C=O) groups is 2. The predicted octanol–water partition coefficient (Wildman–Crippen LogP) is 3.03. The van der Waals surface area contributed by atoms with Gasteiger partial charge in [0.15, 0.2) is 5.13 Å². The number of hydrogen-bond acceptors (Lipinski definition) is 7. The van der Waals surface area contributed by atoms with Crippen molar-refractivity contribution in [2.75, 3.05) is 31.1 Å². The Morgan fingerprint density at radius 1 is 0.969 bits per heavy atom. The van der Waals surface area contributed by atoms with Crippen LogP contribution >= 0.6 is 11.3 Å². The molecule has 0 saturated carbocycles. The minimum absolute atomic E-state index is 0.388. The molecule has 32 heavy (non-hydrogen) atoms. The number of ketones is 1. The number of para-hydroxylation sites is 1. The maximum absolute atomic E-state index is 13.1. The van der Waals surface area contributed by atoms with Gasteiger partial charge in [-0.05, 0) is 38.1 Å². The van der Waals surface area contributed by atoms with E-state index >= 15 is 0 Å². The van der Waals surface area contributed by atoms with Crippen molar-refractivity contribution < 1.29 is 9.59 Å². The van der Waals surface area contributed by atoms with Crippen LogP contribution in [0.1, 0.15) is 21.7 Å². The minimum Gasteiger partial charge on any atom is -0.344 e. The van der Waals surface area contributed by atoms with E-state index in [2.05, 4.69) is 20.0 Å². The third-order valence-corrected chi connectivity index (χ3v) is 6.75. The van der Waals surface area contributed by atoms with Gasteiger partial charge in [0.2, 0.25) is 0 Å². The summed E-state index contributed by atoms with van der Waals surface area (Å²) in [5.41, 5.74) is 3.36. The highest BCUT2D eigenvalue weighted by molar-refractivity contribution is 7.21. The Morgan fingerprint density at radius 3 is 2.44 bits per heavy atom. The summed E-state index contributed by atoms with van der Waals surface area (Å²) in [6.45, 7) is 5.79. The van der Waals surface area contributed by atoms with E-state index < -0.39 is 11.7 Å². The zero-order valence-electron chi connectivity index (χ0n) is 17.9. The predicted molar refractivity (Wildman–Crippen MR) is 124 cm³/mol. The number of amides is 1. The molecule has 0 radical (unpaired) electrons. The van der Waals surface area contributed by atoms with Crippen LogP contribution in [0.2, 0.25) is 0 Å². The van der Waals surface area contributed by atoms with Gasteiger partial charge in [-0.25, -0.2) is 14.6 Å². The lowest BCUT2D eigenvalue weighted by Crippen LogP contribution is -2.50. The fourth-order valence-corrected chi connectivity index (χ4v) is 5.00. The van der Waals surface area contributed by atoms with Crippen molar-refractivity contribution in [3.8, 4) is 5.69 Å². The second-order valence-electron chi connectivity index (χ2n) is 7.73. The van der Waals surface area contributed by atoms with E-state index in [4.69, 9.17) is 0 Å². The number of aromatic nitrogens is 4. The first-order chi connectivity index (χ1) is 15.5. The molecule has 5 rings (SSSR count). The maximum atomic E-state index is 13.1. The van der Waals surface area contributed by atoms with Crippen LogP contribution in [0, 0.1) is 13.8 Å². The summed E-state index contributed by atoms with van der Waals surface area (Å²) in [6.07, 6.45) is 1.76. The molecule has 0 bridgehead atoms. The van der Waals surface area contributed by atoms with Crippen LogP contribution in [0.4, 0.5) is 5.13 Å². The van der Waals surface area contributed by atoms with Gasteiger partial charge in [-0.3, -0.25) is 9.59 Å². The second-order valence-corrected chi connectivity index (χ2v) is 8.68. The van der Waals surface area contributed by atoms with Gasteiger partial charge < -0.3 is 9.80 Å². The molecule has 3 aromatic heterocycles. The van der Waals surface area contributed by atoms with E-state index in [9.17, 15) is 9.59 Å². The molecular formula is C23H22N6O2S. The summed E-state index contributed by atoms with van der Waals surface area (Å²) < 4.78 is 1.72. The van der Waals surface area contributed by atoms with E-state index in [1.807, 2.05) is 49.4 Å². The molecule has 162 valence electrons. The number of hydrogen-bond donors (Lipinski definition) is 0. The lowest BCUT2D eigenvalue weighted by Gasteiger charge is -2.34. The monoisotopic (exact) mass is 446 g/mol. The van der Waals surface area contributed by atoms with Gasteiger partial charge in [0.25, 0.3) is 11.7 Å². The number of fused-ring (bicyclic) bond motifs is 1. The molecular weight excluding hydrogens is 424 g/mol. The van der Waals surface area contributed by atoms with Crippen LogP contribution in [0.15, 0.2) is 48.7 Å². The zero-order chi connectivity index (χ0) is 22.2. The summed E-state index contributed by atoms with van der Waals surface area (Å²) in [4.78, 5) is 39.8. The van der Waals surface area contributed by atoms with Crippen molar-refractivity contribution >= 4 is 38.5 Å². The molecule has 1 aliphatic heterocycles. The summed E-state index contributed by atoms with van der Waals surface area (Å²) in [5, 5.41) is 5.40. The average molecular weight is 447 g/mol. The molecule has 8 nitrogen and oxygen atoms in total. The van der Waals surface area contributed by atoms with Gasteiger partial charge in [0.1, 0.15) is 10.3 Å². The lowest BCUT2D eigenvalue weighted by atomic mass is 10.1. The molecule has 0 aliphatic carbocycles. The SMILES string of the molecule is Cc1nn(-c2ccccc2)c(C)c1C(=O)C(=O)N1CCN(c2nc3cccnc3s2)CC1. The third kappa shape index (κ3) is 3.54. The van der Waals surface area contributed by atoms with Crippen LogP contribution in [0.5, 0.6) is 0 Å². The first-order valence-electron chi connectivity index (χ1n) is 10.4. The van der Waals surface area contributed by atoms with E-state index in [0.29, 0.717) is 43.1 Å². The largest absolute Gasteiger partial charge is 0.344 e. The quantitative estimate of drug-likeness (QED) is 0.354. The molecule has 0 N–H and O–H groups in total. The van der Waals surface area contributed by atoms with Crippen LogP contribution in [0.25, 0.3) is 16.0 Å². The van der Waals surface area contributed by atoms with Gasteiger partial charge in [-0.2, -0.15) is 5.10 Å². The van der Waals surface area contributed by atoms with Crippen molar-refractivity contribution in [3.63, 3.8) is 0 Å². The number of benzene rings is 1. The number of thiazole rings is 1. The first kappa shape index (κ1) is 20.3. The Hall–Kier alpha value is -3.59. The van der Waals surface area contributed by atoms with Gasteiger partial charge in [-0.15, -0.1) is 0 Å². The molecule has 9 heteroatoms. The maximum Gasteiger partial charge on any atom is 0.295 e. The van der Waals surface area contributed by atoms with Crippen molar-refractivity contribution in [2.24, 2.45) is 0 Å². The smallest absolute Gasteiger partial charge is 0.295 e. The van der Waals surface area contributed by atoms with Gasteiger partial charge in [0.05, 0.1) is 22.6 Å². The molecule has 1 fully saturated rings. The zero-order valence-corrected chi connectivity index (χ0v) is 18.7. The molecule has 1 aromatic carbocycles.